The zero-order valence-electron chi connectivity index (χ0n) is 8.96. The van der Waals surface area contributed by atoms with Crippen molar-refractivity contribution in [3.05, 3.63) is 6.92 Å². The van der Waals surface area contributed by atoms with Gasteiger partial charge in [-0.15, -0.1) is 0 Å². The average molecular weight is 237 g/mol. The molecule has 0 aromatic heterocycles. The zero-order valence-corrected chi connectivity index (χ0v) is 10.5. The predicted octanol–water partition coefficient (Wildman–Crippen LogP) is 2.24. The third kappa shape index (κ3) is 29.6. The van der Waals surface area contributed by atoms with E-state index in [0.29, 0.717) is 0 Å². The standard InChI is InChI=1S/C8H17.C2H4O3.Ti/c1-3-5-7-8-6-4-2;3-1-2(4)5;/h1,3-8H2,2H3;3H,1H2,(H,4,5);/q-1;;. The largest absolute Gasteiger partial charge is 0.480 e. The summed E-state index contributed by atoms with van der Waals surface area (Å²) < 4.78 is 0. The molecule has 0 aliphatic carbocycles. The molecule has 0 fully saturated rings. The van der Waals surface area contributed by atoms with E-state index >= 15 is 0 Å². The number of aliphatic hydroxyl groups is 1. The molecule has 0 saturated carbocycles. The first-order chi connectivity index (χ1) is 6.18. The molecule has 0 unspecified atom stereocenters. The zero-order chi connectivity index (χ0) is 10.5. The summed E-state index contributed by atoms with van der Waals surface area (Å²) >= 11 is 0. The van der Waals surface area contributed by atoms with Crippen LogP contribution in [-0.4, -0.2) is 22.8 Å². The second-order valence-electron chi connectivity index (χ2n) is 2.82. The molecule has 0 bridgehead atoms. The van der Waals surface area contributed by atoms with Crippen molar-refractivity contribution in [1.82, 2.24) is 0 Å². The molecule has 0 rings (SSSR count). The molecule has 0 aromatic rings. The smallest absolute Gasteiger partial charge is 0.329 e. The van der Waals surface area contributed by atoms with E-state index in [1.807, 2.05) is 0 Å². The van der Waals surface area contributed by atoms with Gasteiger partial charge in [0.15, 0.2) is 0 Å². The van der Waals surface area contributed by atoms with Crippen LogP contribution >= 0.6 is 0 Å². The Balaban J connectivity index is -0.000000177. The van der Waals surface area contributed by atoms with Gasteiger partial charge in [-0.2, -0.15) is 6.42 Å². The van der Waals surface area contributed by atoms with E-state index in [-0.39, 0.29) is 21.7 Å². The van der Waals surface area contributed by atoms with Gasteiger partial charge in [0.1, 0.15) is 6.61 Å². The number of carbonyl (C=O) groups is 1. The number of hydrogen-bond acceptors (Lipinski definition) is 2. The van der Waals surface area contributed by atoms with Crippen molar-refractivity contribution < 1.29 is 36.7 Å². The van der Waals surface area contributed by atoms with Crippen LogP contribution in [0, 0.1) is 6.92 Å². The van der Waals surface area contributed by atoms with Gasteiger partial charge in [-0.25, -0.2) is 4.79 Å². The van der Waals surface area contributed by atoms with Crippen molar-refractivity contribution in [1.29, 1.82) is 0 Å². The number of rotatable bonds is 6. The third-order valence-electron chi connectivity index (χ3n) is 1.49. The van der Waals surface area contributed by atoms with Crippen LogP contribution in [0.2, 0.25) is 0 Å². The first-order valence-electron chi connectivity index (χ1n) is 4.80. The molecule has 0 saturated heterocycles. The van der Waals surface area contributed by atoms with Gasteiger partial charge in [0.2, 0.25) is 0 Å². The number of carboxylic acid groups (broad SMARTS) is 1. The molecule has 0 atom stereocenters. The Morgan fingerprint density at radius 3 is 1.93 bits per heavy atom. The molecule has 2 N–H and O–H groups in total. The molecule has 0 amide bonds. The molecule has 0 heterocycles. The molecule has 0 radical (unpaired) electrons. The van der Waals surface area contributed by atoms with Gasteiger partial charge >= 0.3 is 5.97 Å². The van der Waals surface area contributed by atoms with Crippen LogP contribution in [0.15, 0.2) is 0 Å². The minimum absolute atomic E-state index is 0. The Morgan fingerprint density at radius 2 is 1.64 bits per heavy atom. The van der Waals surface area contributed by atoms with Crippen molar-refractivity contribution in [3.8, 4) is 0 Å². The first-order valence-corrected chi connectivity index (χ1v) is 4.80. The van der Waals surface area contributed by atoms with E-state index < -0.39 is 12.6 Å². The summed E-state index contributed by atoms with van der Waals surface area (Å²) in [5.41, 5.74) is 0. The second kappa shape index (κ2) is 18.8. The van der Waals surface area contributed by atoms with Crippen LogP contribution < -0.4 is 0 Å². The summed E-state index contributed by atoms with van der Waals surface area (Å²) in [6.45, 7) is 5.25. The Bertz CT molecular complexity index is 102. The summed E-state index contributed by atoms with van der Waals surface area (Å²) in [7, 11) is 0. The van der Waals surface area contributed by atoms with E-state index in [9.17, 15) is 0 Å². The van der Waals surface area contributed by atoms with Crippen molar-refractivity contribution in [2.24, 2.45) is 0 Å². The topological polar surface area (TPSA) is 57.5 Å². The fourth-order valence-electron chi connectivity index (χ4n) is 0.780. The normalized spacial score (nSPS) is 8.21. The maximum atomic E-state index is 9.12. The Morgan fingerprint density at radius 1 is 1.21 bits per heavy atom. The minimum atomic E-state index is -1.19. The van der Waals surface area contributed by atoms with Gasteiger partial charge in [-0.05, 0) is 0 Å². The number of aliphatic carboxylic acids is 1. The van der Waals surface area contributed by atoms with E-state index in [1.165, 1.54) is 32.1 Å². The number of aliphatic hydroxyl groups excluding tert-OH is 1. The van der Waals surface area contributed by atoms with Crippen LogP contribution in [0.3, 0.4) is 0 Å². The summed E-state index contributed by atoms with van der Waals surface area (Å²) in [5.74, 6) is -1.19. The molecule has 0 aromatic carbocycles. The maximum absolute atomic E-state index is 9.12. The monoisotopic (exact) mass is 237 g/mol. The minimum Gasteiger partial charge on any atom is -0.480 e. The Labute approximate surface area is 102 Å². The first kappa shape index (κ1) is 19.7. The average Bonchev–Trinajstić information content (AvgIpc) is 2.14. The number of hydrogen-bond donors (Lipinski definition) is 2. The Kier molecular flexibility index (Phi) is 26.5. The number of carboxylic acids is 1. The van der Waals surface area contributed by atoms with Crippen LogP contribution in [0.1, 0.15) is 45.4 Å². The van der Waals surface area contributed by atoms with E-state index in [2.05, 4.69) is 13.8 Å². The molecule has 4 heteroatoms. The predicted molar refractivity (Wildman–Crippen MR) is 53.5 cm³/mol. The van der Waals surface area contributed by atoms with Gasteiger partial charge < -0.3 is 17.1 Å². The molecule has 0 spiro atoms. The second-order valence-corrected chi connectivity index (χ2v) is 2.82. The van der Waals surface area contributed by atoms with Gasteiger partial charge in [-0.3, -0.25) is 0 Å². The number of unbranched alkanes of at least 4 members (excludes halogenated alkanes) is 5. The van der Waals surface area contributed by atoms with Gasteiger partial charge in [0, 0.05) is 21.7 Å². The maximum Gasteiger partial charge on any atom is 0.329 e. The van der Waals surface area contributed by atoms with E-state index in [0.717, 1.165) is 6.42 Å². The Hall–Kier alpha value is 0.144. The van der Waals surface area contributed by atoms with Crippen LogP contribution in [0.5, 0.6) is 0 Å². The fourth-order valence-corrected chi connectivity index (χ4v) is 0.780. The molecular weight excluding hydrogens is 216 g/mol. The fraction of sp³-hybridized carbons (Fsp3) is 0.800. The molecular formula is C10H21O3Ti-. The van der Waals surface area contributed by atoms with Crippen LogP contribution in [-0.2, 0) is 26.5 Å². The third-order valence-corrected chi connectivity index (χ3v) is 1.49. The van der Waals surface area contributed by atoms with Crippen molar-refractivity contribution in [2.45, 2.75) is 45.4 Å². The summed E-state index contributed by atoms with van der Waals surface area (Å²) in [6.07, 6.45) is 7.98. The summed E-state index contributed by atoms with van der Waals surface area (Å²) in [4.78, 5) is 9.12. The van der Waals surface area contributed by atoms with Crippen LogP contribution in [0.4, 0.5) is 0 Å². The molecule has 0 aliphatic rings. The van der Waals surface area contributed by atoms with Crippen molar-refractivity contribution in [2.75, 3.05) is 6.61 Å². The van der Waals surface area contributed by atoms with Gasteiger partial charge in [-0.1, -0.05) is 39.0 Å². The van der Waals surface area contributed by atoms with Crippen LogP contribution in [0.25, 0.3) is 0 Å². The summed E-state index contributed by atoms with van der Waals surface area (Å²) in [5, 5.41) is 15.0. The molecule has 14 heavy (non-hydrogen) atoms. The van der Waals surface area contributed by atoms with Gasteiger partial charge in [0.25, 0.3) is 0 Å². The SMILES string of the molecule is O=C(O)CO.[CH2-]CCCCCCC.[Ti]. The van der Waals surface area contributed by atoms with E-state index in [1.54, 1.807) is 0 Å². The quantitative estimate of drug-likeness (QED) is 0.423. The van der Waals surface area contributed by atoms with Crippen molar-refractivity contribution >= 4 is 5.97 Å². The summed E-state index contributed by atoms with van der Waals surface area (Å²) in [6, 6.07) is 0. The van der Waals surface area contributed by atoms with Gasteiger partial charge in [0.05, 0.1) is 0 Å². The molecule has 3 nitrogen and oxygen atoms in total. The van der Waals surface area contributed by atoms with E-state index in [4.69, 9.17) is 15.0 Å². The molecule has 0 aliphatic heterocycles. The molecule has 84 valence electrons. The van der Waals surface area contributed by atoms with Crippen molar-refractivity contribution in [3.63, 3.8) is 0 Å².